The maximum absolute atomic E-state index is 14.1. The highest BCUT2D eigenvalue weighted by Gasteiger charge is 2.44. The number of halogens is 2. The molecule has 0 bridgehead atoms. The number of carbonyl (C=O) groups is 2. The Balaban J connectivity index is 1.50. The Hall–Kier alpha value is -3.77. The number of aromatic nitrogens is 1. The molecule has 0 fully saturated rings. The lowest BCUT2D eigenvalue weighted by Crippen LogP contribution is -2.56. The van der Waals surface area contributed by atoms with E-state index in [-0.39, 0.29) is 5.91 Å². The lowest BCUT2D eigenvalue weighted by atomic mass is 9.74. The summed E-state index contributed by atoms with van der Waals surface area (Å²) in [6, 6.07) is 8.39. The zero-order chi connectivity index (χ0) is 22.6. The van der Waals surface area contributed by atoms with Gasteiger partial charge in [-0.15, -0.1) is 0 Å². The van der Waals surface area contributed by atoms with Gasteiger partial charge in [0.2, 0.25) is 5.91 Å². The van der Waals surface area contributed by atoms with E-state index in [9.17, 15) is 18.4 Å². The molecule has 2 amide bonds. The molecular formula is C23H19F2N5O2. The molecule has 9 heteroatoms. The summed E-state index contributed by atoms with van der Waals surface area (Å²) >= 11 is 0. The van der Waals surface area contributed by atoms with Crippen molar-refractivity contribution in [2.45, 2.75) is 6.04 Å². The highest BCUT2D eigenvalue weighted by atomic mass is 19.2. The fraction of sp³-hybridized carbons (Fsp3) is 0.261. The van der Waals surface area contributed by atoms with Gasteiger partial charge in [0.15, 0.2) is 11.7 Å². The van der Waals surface area contributed by atoms with Gasteiger partial charge in [-0.05, 0) is 42.0 Å². The van der Waals surface area contributed by atoms with E-state index in [1.807, 2.05) is 0 Å². The highest BCUT2D eigenvalue weighted by Crippen LogP contribution is 2.40. The number of nitrogens with one attached hydrogen (secondary N) is 3. The quantitative estimate of drug-likeness (QED) is 0.674. The molecule has 7 nitrogen and oxygen atoms in total. The summed E-state index contributed by atoms with van der Waals surface area (Å²) in [5.74, 6) is -4.27. The van der Waals surface area contributed by atoms with E-state index in [4.69, 9.17) is 5.26 Å². The van der Waals surface area contributed by atoms with Crippen LogP contribution in [-0.2, 0) is 4.79 Å². The van der Waals surface area contributed by atoms with Crippen LogP contribution >= 0.6 is 0 Å². The zero-order valence-electron chi connectivity index (χ0n) is 17.1. The van der Waals surface area contributed by atoms with Crippen molar-refractivity contribution < 1.29 is 18.4 Å². The average Bonchev–Trinajstić information content (AvgIpc) is 3.22. The minimum atomic E-state index is -1.05. The van der Waals surface area contributed by atoms with Crippen LogP contribution in [0.3, 0.4) is 0 Å². The molecule has 1 aromatic carbocycles. The summed E-state index contributed by atoms with van der Waals surface area (Å²) in [6.45, 7) is 0.772. The third kappa shape index (κ3) is 3.11. The van der Waals surface area contributed by atoms with Gasteiger partial charge in [0.25, 0.3) is 5.91 Å². The van der Waals surface area contributed by atoms with Crippen molar-refractivity contribution in [2.24, 2.45) is 11.8 Å². The molecule has 162 valence electrons. The highest BCUT2D eigenvalue weighted by molar-refractivity contribution is 5.98. The third-order valence-electron chi connectivity index (χ3n) is 6.32. The molecule has 32 heavy (non-hydrogen) atoms. The molecule has 1 aliphatic carbocycles. The number of allylic oxidation sites excluding steroid dienone is 3. The predicted octanol–water partition coefficient (Wildman–Crippen LogP) is 2.42. The van der Waals surface area contributed by atoms with Crippen molar-refractivity contribution in [1.29, 1.82) is 5.26 Å². The maximum Gasteiger partial charge on any atom is 0.270 e. The molecule has 0 saturated carbocycles. The van der Waals surface area contributed by atoms with Gasteiger partial charge in [-0.25, -0.2) is 8.78 Å². The number of amides is 2. The largest absolute Gasteiger partial charge is 0.351 e. The van der Waals surface area contributed by atoms with E-state index >= 15 is 0 Å². The van der Waals surface area contributed by atoms with Crippen LogP contribution in [0.2, 0.25) is 0 Å². The first-order chi connectivity index (χ1) is 15.4. The van der Waals surface area contributed by atoms with Crippen LogP contribution in [0, 0.1) is 23.2 Å². The van der Waals surface area contributed by atoms with Crippen LogP contribution in [0.1, 0.15) is 16.1 Å². The number of aromatic amines is 1. The maximum atomic E-state index is 14.1. The number of hydrogen-bond acceptors (Lipinski definition) is 4. The van der Waals surface area contributed by atoms with Crippen LogP contribution in [0.15, 0.2) is 59.3 Å². The van der Waals surface area contributed by atoms with Crippen molar-refractivity contribution in [2.75, 3.05) is 20.1 Å². The second-order valence-electron chi connectivity index (χ2n) is 8.16. The summed E-state index contributed by atoms with van der Waals surface area (Å²) in [7, 11) is 1.64. The first-order valence-corrected chi connectivity index (χ1v) is 10.2. The van der Waals surface area contributed by atoms with E-state index in [0.29, 0.717) is 35.6 Å². The molecule has 3 unspecified atom stereocenters. The molecular weight excluding hydrogens is 416 g/mol. The van der Waals surface area contributed by atoms with Crippen molar-refractivity contribution in [3.63, 3.8) is 0 Å². The monoisotopic (exact) mass is 435 g/mol. The lowest BCUT2D eigenvalue weighted by Gasteiger charge is -2.43. The Morgan fingerprint density at radius 2 is 1.94 bits per heavy atom. The van der Waals surface area contributed by atoms with E-state index in [1.165, 1.54) is 4.90 Å². The van der Waals surface area contributed by atoms with Crippen molar-refractivity contribution >= 4 is 22.7 Å². The number of carbonyl (C=O) groups excluding carboxylic acids is 2. The second-order valence-corrected chi connectivity index (χ2v) is 8.16. The van der Waals surface area contributed by atoms with Gasteiger partial charge in [-0.2, -0.15) is 5.26 Å². The van der Waals surface area contributed by atoms with Crippen LogP contribution in [0.25, 0.3) is 10.9 Å². The Morgan fingerprint density at radius 1 is 1.19 bits per heavy atom. The molecule has 3 N–H and O–H groups in total. The lowest BCUT2D eigenvalue weighted by molar-refractivity contribution is -0.124. The molecule has 0 saturated heterocycles. The number of hydrogen-bond donors (Lipinski definition) is 3. The Morgan fingerprint density at radius 3 is 2.69 bits per heavy atom. The fourth-order valence-corrected chi connectivity index (χ4v) is 4.72. The molecule has 3 atom stereocenters. The third-order valence-corrected chi connectivity index (χ3v) is 6.32. The Labute approximate surface area is 182 Å². The van der Waals surface area contributed by atoms with Gasteiger partial charge >= 0.3 is 0 Å². The molecule has 2 aromatic rings. The van der Waals surface area contributed by atoms with Crippen LogP contribution in [0.5, 0.6) is 0 Å². The number of nitrogens with zero attached hydrogens (tertiary/aromatic N) is 2. The molecule has 0 radical (unpaired) electrons. The van der Waals surface area contributed by atoms with E-state index < -0.39 is 35.4 Å². The molecule has 0 spiro atoms. The van der Waals surface area contributed by atoms with Crippen molar-refractivity contribution in [1.82, 2.24) is 20.5 Å². The van der Waals surface area contributed by atoms with Gasteiger partial charge in [0.1, 0.15) is 5.69 Å². The van der Waals surface area contributed by atoms with Crippen LogP contribution < -0.4 is 10.6 Å². The molecule has 1 aromatic heterocycles. The van der Waals surface area contributed by atoms with Crippen LogP contribution in [0.4, 0.5) is 8.78 Å². The minimum absolute atomic E-state index is 0.296. The number of rotatable bonds is 2. The Bertz CT molecular complexity index is 1300. The molecule has 3 aliphatic rings. The normalized spacial score (nSPS) is 24.7. The summed E-state index contributed by atoms with van der Waals surface area (Å²) in [5.41, 5.74) is 2.85. The van der Waals surface area contributed by atoms with Gasteiger partial charge < -0.3 is 20.5 Å². The first kappa shape index (κ1) is 20.2. The number of fused-ring (bicyclic) bond motifs is 3. The minimum Gasteiger partial charge on any atom is -0.351 e. The number of nitriles is 1. The SMILES string of the molecule is CN(C(=O)c1cc2cc(C#N)ccc2[nH]1)C1CNCC2=C1C1C=C(F)C(F)=CC1C(=O)N2. The van der Waals surface area contributed by atoms with E-state index in [2.05, 4.69) is 21.7 Å². The predicted molar refractivity (Wildman–Crippen MR) is 112 cm³/mol. The van der Waals surface area contributed by atoms with Crippen molar-refractivity contribution in [3.05, 3.63) is 70.6 Å². The number of H-pyrrole nitrogens is 1. The summed E-state index contributed by atoms with van der Waals surface area (Å²) in [6.07, 6.45) is 2.14. The average molecular weight is 435 g/mol. The first-order valence-electron chi connectivity index (χ1n) is 10.2. The van der Waals surface area contributed by atoms with Crippen LogP contribution in [-0.4, -0.2) is 47.9 Å². The van der Waals surface area contributed by atoms with Gasteiger partial charge in [0, 0.05) is 42.7 Å². The standard InChI is InChI=1S/C23H19F2N5O2/c1-30(23(32)18-5-12-4-11(8-26)2-3-17(12)28-18)20-10-27-9-19-21(20)13-6-15(24)16(25)7-14(13)22(31)29-19/h2-7,13-14,20,27-28H,9-10H2,1H3,(H,29,31). The number of benzene rings is 1. The Kier molecular flexibility index (Phi) is 4.68. The summed E-state index contributed by atoms with van der Waals surface area (Å²) < 4.78 is 27.9. The summed E-state index contributed by atoms with van der Waals surface area (Å²) in [4.78, 5) is 30.4. The van der Waals surface area contributed by atoms with Crippen molar-refractivity contribution in [3.8, 4) is 6.07 Å². The molecule has 5 rings (SSSR count). The van der Waals surface area contributed by atoms with E-state index in [0.717, 1.165) is 23.1 Å². The van der Waals surface area contributed by atoms with Gasteiger partial charge in [0.05, 0.1) is 23.6 Å². The van der Waals surface area contributed by atoms with Gasteiger partial charge in [-0.3, -0.25) is 9.59 Å². The summed E-state index contributed by atoms with van der Waals surface area (Å²) in [5, 5.41) is 15.8. The molecule has 2 aliphatic heterocycles. The topological polar surface area (TPSA) is 101 Å². The smallest absolute Gasteiger partial charge is 0.270 e. The molecule has 3 heterocycles. The van der Waals surface area contributed by atoms with E-state index in [1.54, 1.807) is 31.3 Å². The second kappa shape index (κ2) is 7.43. The number of likely N-dealkylation sites (N-methyl/N-ethyl adjacent to an activating group) is 1. The zero-order valence-corrected chi connectivity index (χ0v) is 17.1. The fourth-order valence-electron chi connectivity index (χ4n) is 4.72. The van der Waals surface area contributed by atoms with Gasteiger partial charge in [-0.1, -0.05) is 0 Å².